The molecule has 0 fully saturated rings. The number of likely N-dealkylation sites (N-methyl/N-ethyl adjacent to an activating group) is 1. The van der Waals surface area contributed by atoms with Crippen molar-refractivity contribution in [2.24, 2.45) is 0 Å². The minimum atomic E-state index is 0.329. The summed E-state index contributed by atoms with van der Waals surface area (Å²) in [6, 6.07) is 0. The van der Waals surface area contributed by atoms with Crippen molar-refractivity contribution in [2.45, 2.75) is 0 Å². The molecule has 0 aliphatic carbocycles. The molecule has 0 bridgehead atoms. The Bertz CT molecular complexity index is 261. The van der Waals surface area contributed by atoms with E-state index in [-0.39, 0.29) is 0 Å². The van der Waals surface area contributed by atoms with Crippen LogP contribution < -0.4 is 10.6 Å². The molecule has 0 aromatic rings. The van der Waals surface area contributed by atoms with Gasteiger partial charge in [-0.25, -0.2) is 0 Å². The van der Waals surface area contributed by atoms with Gasteiger partial charge < -0.3 is 34.3 Å². The number of hydrogen-bond acceptors (Lipinski definition) is 7. The van der Waals surface area contributed by atoms with Crippen LogP contribution in [0.3, 0.4) is 0 Å². The number of hydrogen-bond donors (Lipinski definition) is 2. The van der Waals surface area contributed by atoms with Crippen LogP contribution in [0.1, 0.15) is 0 Å². The van der Waals surface area contributed by atoms with Gasteiger partial charge >= 0.3 is 0 Å². The van der Waals surface area contributed by atoms with Gasteiger partial charge in [0, 0.05) is 19.6 Å². The monoisotopic (exact) mass is 332 g/mol. The maximum atomic E-state index is 5.43. The minimum absolute atomic E-state index is 0.329. The van der Waals surface area contributed by atoms with Crippen molar-refractivity contribution in [3.63, 3.8) is 0 Å². The van der Waals surface area contributed by atoms with Gasteiger partial charge in [-0.2, -0.15) is 0 Å². The van der Waals surface area contributed by atoms with Gasteiger partial charge in [0.15, 0.2) is 0 Å². The van der Waals surface area contributed by atoms with Crippen molar-refractivity contribution in [1.82, 2.24) is 10.6 Å². The van der Waals surface area contributed by atoms with E-state index >= 15 is 0 Å². The molecule has 23 heavy (non-hydrogen) atoms. The predicted octanol–water partition coefficient (Wildman–Crippen LogP) is -0.488. The van der Waals surface area contributed by atoms with Gasteiger partial charge in [0.05, 0.1) is 59.5 Å². The normalized spacial score (nSPS) is 10.8. The Balaban J connectivity index is 2.94. The van der Waals surface area contributed by atoms with E-state index in [0.29, 0.717) is 52.9 Å². The van der Waals surface area contributed by atoms with Crippen molar-refractivity contribution in [1.29, 1.82) is 0 Å². The first-order chi connectivity index (χ1) is 11.4. The molecule has 0 atom stereocenters. The fourth-order valence-electron chi connectivity index (χ4n) is 1.48. The van der Waals surface area contributed by atoms with E-state index in [1.54, 1.807) is 0 Å². The Morgan fingerprint density at radius 3 is 1.61 bits per heavy atom. The lowest BCUT2D eigenvalue weighted by Crippen LogP contribution is -2.25. The van der Waals surface area contributed by atoms with Crippen molar-refractivity contribution in [3.8, 4) is 12.3 Å². The van der Waals surface area contributed by atoms with E-state index in [2.05, 4.69) is 16.6 Å². The zero-order valence-electron chi connectivity index (χ0n) is 14.3. The van der Waals surface area contributed by atoms with Crippen LogP contribution in [0, 0.1) is 12.3 Å². The fourth-order valence-corrected chi connectivity index (χ4v) is 1.48. The van der Waals surface area contributed by atoms with Gasteiger partial charge in [-0.1, -0.05) is 5.92 Å². The van der Waals surface area contributed by atoms with E-state index in [1.165, 1.54) is 0 Å². The molecule has 0 unspecified atom stereocenters. The van der Waals surface area contributed by atoms with E-state index < -0.39 is 0 Å². The summed E-state index contributed by atoms with van der Waals surface area (Å²) in [7, 11) is 1.91. The van der Waals surface area contributed by atoms with Crippen LogP contribution in [0.5, 0.6) is 0 Å². The Hall–Kier alpha value is -0.720. The highest BCUT2D eigenvalue weighted by molar-refractivity contribution is 4.82. The Labute approximate surface area is 140 Å². The van der Waals surface area contributed by atoms with E-state index in [0.717, 1.165) is 32.8 Å². The third kappa shape index (κ3) is 21.3. The summed E-state index contributed by atoms with van der Waals surface area (Å²) in [6.07, 6.45) is 5.05. The third-order valence-electron chi connectivity index (χ3n) is 2.64. The highest BCUT2D eigenvalue weighted by Crippen LogP contribution is 1.82. The second-order valence-corrected chi connectivity index (χ2v) is 4.56. The standard InChI is InChI=1S/C16H32N2O5/c1-3-7-19-11-13-22-15-16-23-14-12-21-10-6-18-5-9-20-8-4-17-2/h1,17-18H,4-16H2,2H3. The van der Waals surface area contributed by atoms with Gasteiger partial charge in [-0.05, 0) is 7.05 Å². The second kappa shape index (κ2) is 21.3. The molecule has 0 saturated carbocycles. The van der Waals surface area contributed by atoms with Crippen LogP contribution in [0.4, 0.5) is 0 Å². The average Bonchev–Trinajstić information content (AvgIpc) is 2.57. The molecule has 0 spiro atoms. The Morgan fingerprint density at radius 2 is 1.09 bits per heavy atom. The first kappa shape index (κ1) is 22.3. The summed E-state index contributed by atoms with van der Waals surface area (Å²) >= 11 is 0. The third-order valence-corrected chi connectivity index (χ3v) is 2.64. The molecular formula is C16H32N2O5. The molecule has 0 amide bonds. The molecule has 2 N–H and O–H groups in total. The molecule has 0 aromatic carbocycles. The van der Waals surface area contributed by atoms with Crippen LogP contribution in [0.25, 0.3) is 0 Å². The van der Waals surface area contributed by atoms with Crippen LogP contribution in [-0.2, 0) is 23.7 Å². The van der Waals surface area contributed by atoms with Crippen LogP contribution in [0.15, 0.2) is 0 Å². The zero-order valence-corrected chi connectivity index (χ0v) is 14.3. The van der Waals surface area contributed by atoms with Crippen molar-refractivity contribution >= 4 is 0 Å². The van der Waals surface area contributed by atoms with Gasteiger partial charge in [-0.3, -0.25) is 0 Å². The van der Waals surface area contributed by atoms with Gasteiger partial charge in [0.25, 0.3) is 0 Å². The Kier molecular flexibility index (Phi) is 20.6. The topological polar surface area (TPSA) is 70.2 Å². The van der Waals surface area contributed by atoms with E-state index in [9.17, 15) is 0 Å². The molecule has 0 aromatic heterocycles. The zero-order chi connectivity index (χ0) is 16.8. The highest BCUT2D eigenvalue weighted by Gasteiger charge is 1.93. The SMILES string of the molecule is C#CCOCCOCCOCCOCCNCCOCCNC. The van der Waals surface area contributed by atoms with E-state index in [1.807, 2.05) is 7.05 Å². The molecule has 0 rings (SSSR count). The Morgan fingerprint density at radius 1 is 0.652 bits per heavy atom. The summed E-state index contributed by atoms with van der Waals surface area (Å²) < 4.78 is 26.6. The van der Waals surface area contributed by atoms with E-state index in [4.69, 9.17) is 30.1 Å². The van der Waals surface area contributed by atoms with Crippen LogP contribution in [0.2, 0.25) is 0 Å². The molecule has 0 heterocycles. The van der Waals surface area contributed by atoms with Crippen LogP contribution >= 0.6 is 0 Å². The molecular weight excluding hydrogens is 300 g/mol. The number of terminal acetylenes is 1. The first-order valence-corrected chi connectivity index (χ1v) is 8.09. The molecule has 7 heteroatoms. The van der Waals surface area contributed by atoms with Gasteiger partial charge in [-0.15, -0.1) is 6.42 Å². The summed E-state index contributed by atoms with van der Waals surface area (Å²) in [5.41, 5.74) is 0. The predicted molar refractivity (Wildman–Crippen MR) is 89.7 cm³/mol. The average molecular weight is 332 g/mol. The fraction of sp³-hybridized carbons (Fsp3) is 0.875. The van der Waals surface area contributed by atoms with Crippen molar-refractivity contribution in [3.05, 3.63) is 0 Å². The summed E-state index contributed by atoms with van der Waals surface area (Å²) in [5.74, 6) is 2.40. The van der Waals surface area contributed by atoms with Crippen LogP contribution in [-0.4, -0.2) is 92.8 Å². The summed E-state index contributed by atoms with van der Waals surface area (Å²) in [6.45, 7) is 8.32. The lowest BCUT2D eigenvalue weighted by atomic mass is 10.6. The molecule has 0 saturated heterocycles. The van der Waals surface area contributed by atoms with Crippen molar-refractivity contribution in [2.75, 3.05) is 92.8 Å². The molecule has 136 valence electrons. The molecule has 7 nitrogen and oxygen atoms in total. The maximum Gasteiger partial charge on any atom is 0.107 e. The van der Waals surface area contributed by atoms with Crippen molar-refractivity contribution < 1.29 is 23.7 Å². The second-order valence-electron chi connectivity index (χ2n) is 4.56. The molecule has 0 aliphatic heterocycles. The number of nitrogens with one attached hydrogen (secondary N) is 2. The smallest absolute Gasteiger partial charge is 0.107 e. The maximum absolute atomic E-state index is 5.43. The molecule has 0 aliphatic rings. The van der Waals surface area contributed by atoms with Gasteiger partial charge in [0.1, 0.15) is 6.61 Å². The number of rotatable bonds is 19. The molecule has 0 radical (unpaired) electrons. The van der Waals surface area contributed by atoms with Gasteiger partial charge in [0.2, 0.25) is 0 Å². The quantitative estimate of drug-likeness (QED) is 0.244. The largest absolute Gasteiger partial charge is 0.379 e. The minimum Gasteiger partial charge on any atom is -0.379 e. The summed E-state index contributed by atoms with van der Waals surface area (Å²) in [5, 5.41) is 6.27. The lowest BCUT2D eigenvalue weighted by molar-refractivity contribution is 0.00161. The summed E-state index contributed by atoms with van der Waals surface area (Å²) in [4.78, 5) is 0. The first-order valence-electron chi connectivity index (χ1n) is 8.09. The number of ether oxygens (including phenoxy) is 5. The lowest BCUT2D eigenvalue weighted by Gasteiger charge is -2.08. The highest BCUT2D eigenvalue weighted by atomic mass is 16.6.